The average molecular weight is 490 g/mol. The van der Waals surface area contributed by atoms with Gasteiger partial charge in [-0.15, -0.1) is 0 Å². The van der Waals surface area contributed by atoms with Crippen LogP contribution < -0.4 is 0 Å². The van der Waals surface area contributed by atoms with Gasteiger partial charge in [-0.05, 0) is 66.2 Å². The predicted molar refractivity (Wildman–Crippen MR) is 140 cm³/mol. The molecule has 0 radical (unpaired) electrons. The molecule has 0 spiro atoms. The van der Waals surface area contributed by atoms with Crippen molar-refractivity contribution in [2.75, 3.05) is 0 Å². The van der Waals surface area contributed by atoms with Crippen molar-refractivity contribution < 1.29 is 8.78 Å². The molecular weight excluding hydrogens is 468 g/mol. The van der Waals surface area contributed by atoms with E-state index >= 15 is 0 Å². The Morgan fingerprint density at radius 1 is 0.824 bits per heavy atom. The monoisotopic (exact) mass is 489 g/mol. The van der Waals surface area contributed by atoms with Gasteiger partial charge in [-0.1, -0.05) is 79.7 Å². The molecule has 3 rings (SSSR count). The fourth-order valence-corrected chi connectivity index (χ4v) is 3.60. The first-order valence-electron chi connectivity index (χ1n) is 11.0. The van der Waals surface area contributed by atoms with Gasteiger partial charge in [0.15, 0.2) is 11.6 Å². The maximum absolute atomic E-state index is 14.0. The molecule has 1 nitrogen and oxygen atoms in total. The van der Waals surface area contributed by atoms with E-state index in [1.165, 1.54) is 19.3 Å². The predicted octanol–water partition coefficient (Wildman–Crippen LogP) is 8.74. The van der Waals surface area contributed by atoms with Crippen molar-refractivity contribution in [2.24, 2.45) is 4.99 Å². The highest BCUT2D eigenvalue weighted by atomic mass is 35.5. The zero-order chi connectivity index (χ0) is 24.3. The molecule has 0 N–H and O–H groups in total. The van der Waals surface area contributed by atoms with Crippen molar-refractivity contribution in [2.45, 2.75) is 39.0 Å². The van der Waals surface area contributed by atoms with Crippen molar-refractivity contribution in [1.82, 2.24) is 0 Å². The summed E-state index contributed by atoms with van der Waals surface area (Å²) in [6.07, 6.45) is 5.78. The Kier molecular flexibility index (Phi) is 9.57. The van der Waals surface area contributed by atoms with E-state index in [9.17, 15) is 8.78 Å². The van der Waals surface area contributed by atoms with Crippen LogP contribution >= 0.6 is 23.8 Å². The van der Waals surface area contributed by atoms with Crippen LogP contribution in [0.4, 0.5) is 14.5 Å². The molecule has 34 heavy (non-hydrogen) atoms. The van der Waals surface area contributed by atoms with Crippen LogP contribution in [0.2, 0.25) is 5.02 Å². The summed E-state index contributed by atoms with van der Waals surface area (Å²) in [6.45, 7) is 2.20. The van der Waals surface area contributed by atoms with E-state index in [2.05, 4.69) is 47.8 Å². The molecule has 0 saturated carbocycles. The van der Waals surface area contributed by atoms with Gasteiger partial charge in [0.2, 0.25) is 0 Å². The molecule has 0 atom stereocenters. The van der Waals surface area contributed by atoms with Crippen LogP contribution in [0.1, 0.15) is 55.7 Å². The lowest BCUT2D eigenvalue weighted by Crippen LogP contribution is -1.87. The number of aliphatic imine (C=N–C) groups is 1. The third-order valence-corrected chi connectivity index (χ3v) is 5.50. The van der Waals surface area contributed by atoms with Crippen molar-refractivity contribution in [3.8, 4) is 34.8 Å². The minimum Gasteiger partial charge on any atom is -0.204 e. The minimum atomic E-state index is -0.854. The molecule has 0 fully saturated rings. The third kappa shape index (κ3) is 7.11. The van der Waals surface area contributed by atoms with Crippen molar-refractivity contribution in [3.05, 3.63) is 87.9 Å². The number of hydrogen-bond acceptors (Lipinski definition) is 2. The SMILES string of the molecule is CCCCCCC#Cc1ccc(-c2ccc(C#Cc3cc(F)c(N=C=S)c(F)c3)c(Cl)c2)cc1. The van der Waals surface area contributed by atoms with Crippen LogP contribution in [0, 0.1) is 35.3 Å². The lowest BCUT2D eigenvalue weighted by Gasteiger charge is -2.04. The van der Waals surface area contributed by atoms with Crippen LogP contribution in [-0.4, -0.2) is 5.16 Å². The second-order valence-corrected chi connectivity index (χ2v) is 8.22. The number of isothiocyanates is 1. The van der Waals surface area contributed by atoms with Gasteiger partial charge in [0.1, 0.15) is 5.69 Å². The van der Waals surface area contributed by atoms with Gasteiger partial charge < -0.3 is 0 Å². The van der Waals surface area contributed by atoms with E-state index in [-0.39, 0.29) is 5.56 Å². The van der Waals surface area contributed by atoms with Crippen LogP contribution in [0.3, 0.4) is 0 Å². The Morgan fingerprint density at radius 2 is 1.53 bits per heavy atom. The van der Waals surface area contributed by atoms with Crippen LogP contribution in [0.5, 0.6) is 0 Å². The average Bonchev–Trinajstić information content (AvgIpc) is 2.83. The van der Waals surface area contributed by atoms with Gasteiger partial charge in [0.05, 0.1) is 10.2 Å². The highest BCUT2D eigenvalue weighted by Crippen LogP contribution is 2.26. The van der Waals surface area contributed by atoms with Gasteiger partial charge >= 0.3 is 0 Å². The second-order valence-electron chi connectivity index (χ2n) is 7.63. The number of hydrogen-bond donors (Lipinski definition) is 0. The lowest BCUT2D eigenvalue weighted by molar-refractivity contribution is 0.587. The Labute approximate surface area is 209 Å². The summed E-state index contributed by atoms with van der Waals surface area (Å²) in [5, 5.41) is 2.41. The first kappa shape index (κ1) is 25.4. The van der Waals surface area contributed by atoms with Gasteiger partial charge in [0.25, 0.3) is 0 Å². The molecule has 3 aromatic carbocycles. The molecule has 5 heteroatoms. The number of nitrogens with zero attached hydrogens (tertiary/aromatic N) is 1. The topological polar surface area (TPSA) is 12.4 Å². The zero-order valence-corrected chi connectivity index (χ0v) is 20.3. The van der Waals surface area contributed by atoms with E-state index in [0.29, 0.717) is 10.6 Å². The molecule has 0 aromatic heterocycles. The van der Waals surface area contributed by atoms with Crippen molar-refractivity contribution >= 4 is 34.7 Å². The second kappa shape index (κ2) is 12.8. The summed E-state index contributed by atoms with van der Waals surface area (Å²) < 4.78 is 28.0. The smallest absolute Gasteiger partial charge is 0.153 e. The maximum atomic E-state index is 14.0. The van der Waals surface area contributed by atoms with E-state index in [1.54, 1.807) is 6.07 Å². The lowest BCUT2D eigenvalue weighted by atomic mass is 10.0. The standard InChI is InChI=1S/C29H22ClF2NS/c1-2-3-4-5-6-7-8-21-9-12-23(13-10-21)25-16-15-24(26(30)19-25)14-11-22-17-27(31)29(33-20-34)28(32)18-22/h9-10,12-13,15-19H,2-6H2,1H3. The van der Waals surface area contributed by atoms with E-state index in [0.717, 1.165) is 41.7 Å². The van der Waals surface area contributed by atoms with Crippen molar-refractivity contribution in [1.29, 1.82) is 0 Å². The molecule has 3 aromatic rings. The Bertz CT molecular complexity index is 1310. The first-order valence-corrected chi connectivity index (χ1v) is 11.8. The Morgan fingerprint density at radius 3 is 2.18 bits per heavy atom. The number of unbranched alkanes of at least 4 members (excludes halogenated alkanes) is 4. The fraction of sp³-hybridized carbons (Fsp3) is 0.207. The molecule has 0 bridgehead atoms. The van der Waals surface area contributed by atoms with Gasteiger partial charge in [-0.25, -0.2) is 8.78 Å². The summed E-state index contributed by atoms with van der Waals surface area (Å²) in [5.41, 5.74) is 3.17. The molecule has 0 heterocycles. The first-order chi connectivity index (χ1) is 16.5. The van der Waals surface area contributed by atoms with Gasteiger partial charge in [-0.3, -0.25) is 0 Å². The number of thiocarbonyl (C=S) groups is 1. The van der Waals surface area contributed by atoms with E-state index in [4.69, 9.17) is 11.6 Å². The fourth-order valence-electron chi connectivity index (χ4n) is 3.28. The quantitative estimate of drug-likeness (QED) is 0.146. The number of rotatable bonds is 6. The minimum absolute atomic E-state index is 0.167. The molecule has 0 amide bonds. The number of halogens is 3. The highest BCUT2D eigenvalue weighted by Gasteiger charge is 2.09. The molecule has 0 saturated heterocycles. The summed E-state index contributed by atoms with van der Waals surface area (Å²) in [5.74, 6) is 10.3. The molecule has 0 aliphatic rings. The molecule has 170 valence electrons. The Hall–Kier alpha value is -3.27. The third-order valence-electron chi connectivity index (χ3n) is 5.09. The van der Waals surface area contributed by atoms with Crippen LogP contribution in [0.25, 0.3) is 11.1 Å². The van der Waals surface area contributed by atoms with E-state index < -0.39 is 17.3 Å². The summed E-state index contributed by atoms with van der Waals surface area (Å²) >= 11 is 10.8. The highest BCUT2D eigenvalue weighted by molar-refractivity contribution is 7.78. The van der Waals surface area contributed by atoms with Crippen LogP contribution in [-0.2, 0) is 0 Å². The van der Waals surface area contributed by atoms with Crippen molar-refractivity contribution in [3.63, 3.8) is 0 Å². The van der Waals surface area contributed by atoms with Crippen LogP contribution in [0.15, 0.2) is 59.6 Å². The summed E-state index contributed by atoms with van der Waals surface area (Å²) in [4.78, 5) is 3.39. The van der Waals surface area contributed by atoms with Gasteiger partial charge in [0, 0.05) is 23.1 Å². The van der Waals surface area contributed by atoms with E-state index in [1.807, 2.05) is 41.6 Å². The van der Waals surface area contributed by atoms with Gasteiger partial charge in [-0.2, -0.15) is 4.99 Å². The maximum Gasteiger partial charge on any atom is 0.153 e. The number of benzene rings is 3. The Balaban J connectivity index is 1.72. The normalized spacial score (nSPS) is 9.88. The summed E-state index contributed by atoms with van der Waals surface area (Å²) in [7, 11) is 0. The summed E-state index contributed by atoms with van der Waals surface area (Å²) in [6, 6.07) is 15.7. The molecule has 0 aliphatic heterocycles. The molecule has 0 aliphatic carbocycles. The molecular formula is C29H22ClF2NS. The molecule has 0 unspecified atom stereocenters. The zero-order valence-electron chi connectivity index (χ0n) is 18.7. The largest absolute Gasteiger partial charge is 0.204 e.